The number of likely N-dealkylation sites (N-methyl/N-ethyl adjacent to an activating group) is 1. The highest BCUT2D eigenvalue weighted by atomic mass is 16.4. The molecule has 17 heteroatoms. The van der Waals surface area contributed by atoms with Crippen LogP contribution in [-0.2, 0) is 9.59 Å². The van der Waals surface area contributed by atoms with Gasteiger partial charge in [0.05, 0.1) is 77.2 Å². The second kappa shape index (κ2) is 16.7. The first-order valence-electron chi connectivity index (χ1n) is 20.1. The van der Waals surface area contributed by atoms with Crippen LogP contribution in [0, 0.1) is 12.8 Å². The molecule has 6 aromatic rings. The minimum absolute atomic E-state index is 0.153. The van der Waals surface area contributed by atoms with Gasteiger partial charge in [0.1, 0.15) is 23.4 Å². The number of rotatable bonds is 11. The fraction of sp³-hybridized carbons (Fsp3) is 0.349. The first-order valence-corrected chi connectivity index (χ1v) is 20.1. The van der Waals surface area contributed by atoms with Crippen molar-refractivity contribution in [3.05, 3.63) is 96.5 Å². The van der Waals surface area contributed by atoms with Crippen molar-refractivity contribution >= 4 is 34.8 Å². The van der Waals surface area contributed by atoms with Crippen LogP contribution in [0.2, 0.25) is 0 Å². The lowest BCUT2D eigenvalue weighted by molar-refractivity contribution is -0.138. The van der Waals surface area contributed by atoms with Crippen molar-refractivity contribution in [2.75, 3.05) is 26.7 Å². The zero-order valence-corrected chi connectivity index (χ0v) is 33.8. The van der Waals surface area contributed by atoms with Crippen LogP contribution in [0.15, 0.2) is 73.4 Å². The van der Waals surface area contributed by atoms with Gasteiger partial charge in [0.2, 0.25) is 11.8 Å². The number of aryl methyl sites for hydroxylation is 1. The summed E-state index contributed by atoms with van der Waals surface area (Å²) in [5, 5.41) is 12.3. The van der Waals surface area contributed by atoms with Crippen molar-refractivity contribution in [3.63, 3.8) is 0 Å². The van der Waals surface area contributed by atoms with Gasteiger partial charge in [-0.3, -0.25) is 29.3 Å². The van der Waals surface area contributed by atoms with Crippen LogP contribution in [0.4, 0.5) is 4.79 Å². The highest BCUT2D eigenvalue weighted by Gasteiger charge is 2.39. The van der Waals surface area contributed by atoms with Crippen LogP contribution in [0.25, 0.3) is 44.8 Å². The molecule has 4 amide bonds. The number of aromatic amines is 2. The third kappa shape index (κ3) is 8.02. The molecule has 2 aromatic carbocycles. The Balaban J connectivity index is 0.913. The summed E-state index contributed by atoms with van der Waals surface area (Å²) in [5.74, 6) is 0.315. The van der Waals surface area contributed by atoms with Crippen LogP contribution in [0.1, 0.15) is 79.4 Å². The van der Waals surface area contributed by atoms with E-state index in [-0.39, 0.29) is 42.1 Å². The van der Waals surface area contributed by atoms with E-state index in [4.69, 9.17) is 9.97 Å². The Bertz CT molecular complexity index is 2550. The molecule has 0 unspecified atom stereocenters. The summed E-state index contributed by atoms with van der Waals surface area (Å²) in [7, 11) is 1.44. The zero-order valence-electron chi connectivity index (χ0n) is 33.8. The third-order valence-electron chi connectivity index (χ3n) is 11.3. The maximum absolute atomic E-state index is 13.6. The number of imidazole rings is 2. The third-order valence-corrected chi connectivity index (χ3v) is 11.3. The van der Waals surface area contributed by atoms with Crippen LogP contribution in [0.3, 0.4) is 0 Å². The number of fused-ring (bicyclic) bond motifs is 1. The monoisotopic (exact) mass is 810 g/mol. The number of likely N-dealkylation sites (tertiary alicyclic amines) is 2. The van der Waals surface area contributed by atoms with Crippen molar-refractivity contribution in [1.29, 1.82) is 0 Å². The van der Waals surface area contributed by atoms with Gasteiger partial charge in [0.25, 0.3) is 5.91 Å². The molecule has 0 saturated carbocycles. The van der Waals surface area contributed by atoms with E-state index < -0.39 is 18.0 Å². The largest absolute Gasteiger partial charge is 0.465 e. The Hall–Kier alpha value is -7.04. The van der Waals surface area contributed by atoms with Crippen molar-refractivity contribution in [3.8, 4) is 33.8 Å². The maximum Gasteiger partial charge on any atom is 0.407 e. The van der Waals surface area contributed by atoms with Gasteiger partial charge in [-0.05, 0) is 56.2 Å². The van der Waals surface area contributed by atoms with Crippen LogP contribution in [0.5, 0.6) is 0 Å². The van der Waals surface area contributed by atoms with Crippen LogP contribution >= 0.6 is 0 Å². The number of carbonyl (C=O) groups excluding carboxylic acids is 3. The molecule has 0 radical (unpaired) electrons. The Kier molecular flexibility index (Phi) is 11.1. The summed E-state index contributed by atoms with van der Waals surface area (Å²) >= 11 is 0. The van der Waals surface area contributed by atoms with E-state index in [1.54, 1.807) is 35.3 Å². The van der Waals surface area contributed by atoms with E-state index in [0.717, 1.165) is 75.4 Å². The van der Waals surface area contributed by atoms with Crippen LogP contribution in [-0.4, -0.2) is 116 Å². The number of benzene rings is 2. The highest BCUT2D eigenvalue weighted by Crippen LogP contribution is 2.35. The normalized spacial score (nSPS) is 17.0. The number of H-pyrrole nitrogens is 2. The molecule has 60 heavy (non-hydrogen) atoms. The lowest BCUT2D eigenvalue weighted by Gasteiger charge is -2.33. The molecule has 8 rings (SSSR count). The Labute approximate surface area is 345 Å². The number of hydrogen-bond donors (Lipinski definition) is 4. The Morgan fingerprint density at radius 1 is 0.783 bits per heavy atom. The number of hydrogen-bond acceptors (Lipinski definition) is 10. The van der Waals surface area contributed by atoms with Gasteiger partial charge in [-0.15, -0.1) is 0 Å². The maximum atomic E-state index is 13.6. The van der Waals surface area contributed by atoms with Crippen molar-refractivity contribution < 1.29 is 24.3 Å². The molecule has 2 fully saturated rings. The quantitative estimate of drug-likeness (QED) is 0.127. The number of nitrogens with zero attached hydrogens (tertiary/aromatic N) is 9. The summed E-state index contributed by atoms with van der Waals surface area (Å²) in [6.07, 6.45) is 10.2. The number of carboxylic acid groups (broad SMARTS) is 1. The Morgan fingerprint density at radius 2 is 1.42 bits per heavy atom. The highest BCUT2D eigenvalue weighted by molar-refractivity contribution is 5.94. The molecule has 0 spiro atoms. The van der Waals surface area contributed by atoms with E-state index in [0.29, 0.717) is 30.4 Å². The van der Waals surface area contributed by atoms with Crippen molar-refractivity contribution in [2.24, 2.45) is 5.92 Å². The smallest absolute Gasteiger partial charge is 0.407 e. The molecule has 3 atom stereocenters. The predicted octanol–water partition coefficient (Wildman–Crippen LogP) is 5.57. The first kappa shape index (κ1) is 39.8. The molecule has 4 aromatic heterocycles. The average molecular weight is 811 g/mol. The number of nitrogens with one attached hydrogen (secondary N) is 3. The summed E-state index contributed by atoms with van der Waals surface area (Å²) in [4.78, 5) is 89.6. The summed E-state index contributed by atoms with van der Waals surface area (Å²) in [6, 6.07) is 12.5. The molecular formula is C43H46N12O5. The molecule has 6 heterocycles. The zero-order chi connectivity index (χ0) is 42.1. The van der Waals surface area contributed by atoms with E-state index in [1.165, 1.54) is 19.4 Å². The van der Waals surface area contributed by atoms with Gasteiger partial charge in [-0.1, -0.05) is 44.2 Å². The van der Waals surface area contributed by atoms with Gasteiger partial charge >= 0.3 is 6.09 Å². The SMILES string of the molecule is Cc1cnc(C(=O)NCC(=O)N2CCC[C@H]2c2ncc(-c3ccc4nc(-c5ccc(-c6cnc([C@@H]7CCCN7C(=O)[C@H](C(C)C)N(C)C(=O)O)[nH]6)cc5)cnc4c3)[nH]2)cn1. The van der Waals surface area contributed by atoms with E-state index >= 15 is 0 Å². The fourth-order valence-electron chi connectivity index (χ4n) is 8.15. The van der Waals surface area contributed by atoms with E-state index in [1.807, 2.05) is 56.3 Å². The van der Waals surface area contributed by atoms with Gasteiger partial charge in [-0.25, -0.2) is 24.7 Å². The minimum Gasteiger partial charge on any atom is -0.465 e. The molecule has 2 saturated heterocycles. The molecule has 0 bridgehead atoms. The topological polar surface area (TPSA) is 219 Å². The molecule has 308 valence electrons. The molecule has 2 aliphatic heterocycles. The predicted molar refractivity (Wildman–Crippen MR) is 221 cm³/mol. The van der Waals surface area contributed by atoms with Crippen molar-refractivity contribution in [2.45, 2.75) is 64.6 Å². The van der Waals surface area contributed by atoms with E-state index in [2.05, 4.69) is 35.2 Å². The molecule has 17 nitrogen and oxygen atoms in total. The van der Waals surface area contributed by atoms with Crippen LogP contribution < -0.4 is 5.32 Å². The summed E-state index contributed by atoms with van der Waals surface area (Å²) in [6.45, 7) is 6.46. The molecule has 2 aliphatic rings. The van der Waals surface area contributed by atoms with Gasteiger partial charge in [0.15, 0.2) is 0 Å². The number of aromatic nitrogens is 8. The Morgan fingerprint density at radius 3 is 2.07 bits per heavy atom. The molecular weight excluding hydrogens is 765 g/mol. The first-order chi connectivity index (χ1) is 28.9. The standard InChI is InChI=1S/C43H46N12O5/c1-24(2)38(53(4)43(59)60)42(58)55-16-6-8-36(55)40-47-20-32(51-40)27-11-9-26(10-12-27)31-19-46-30-17-28(13-14-29(30)50-31)33-21-48-39(52-33)35-7-5-15-54(35)37(56)23-49-41(57)34-22-44-25(3)18-45-34/h9-14,17-22,24,35-36,38H,5-8,15-16,23H2,1-4H3,(H,47,51)(H,48,52)(H,49,57)(H,59,60)/t35-,36-,38-/m0/s1. The fourth-order valence-corrected chi connectivity index (χ4v) is 8.15. The lowest BCUT2D eigenvalue weighted by atomic mass is 10.0. The molecule has 4 N–H and O–H groups in total. The number of amides is 4. The average Bonchev–Trinajstić information content (AvgIpc) is 4.10. The lowest BCUT2D eigenvalue weighted by Crippen LogP contribution is -2.51. The van der Waals surface area contributed by atoms with Crippen molar-refractivity contribution in [1.82, 2.24) is 59.9 Å². The number of carbonyl (C=O) groups is 4. The van der Waals surface area contributed by atoms with E-state index in [9.17, 15) is 24.3 Å². The van der Waals surface area contributed by atoms with Gasteiger partial charge in [-0.2, -0.15) is 0 Å². The minimum atomic E-state index is -1.13. The second-order valence-corrected chi connectivity index (χ2v) is 15.6. The van der Waals surface area contributed by atoms with Gasteiger partial charge in [0, 0.05) is 37.5 Å². The summed E-state index contributed by atoms with van der Waals surface area (Å²) in [5.41, 5.74) is 7.31. The second-order valence-electron chi connectivity index (χ2n) is 15.6. The molecule has 0 aliphatic carbocycles. The van der Waals surface area contributed by atoms with Gasteiger partial charge < -0.3 is 30.2 Å². The summed E-state index contributed by atoms with van der Waals surface area (Å²) < 4.78 is 0.